The maximum Gasteiger partial charge on any atom is 0.257 e. The molecule has 1 amide bonds. The topological polar surface area (TPSA) is 70.9 Å². The van der Waals surface area contributed by atoms with Gasteiger partial charge in [0.2, 0.25) is 0 Å². The fourth-order valence-electron chi connectivity index (χ4n) is 2.02. The molecule has 0 radical (unpaired) electrons. The number of benzene rings is 2. The number of aromatic amines is 1. The van der Waals surface area contributed by atoms with Gasteiger partial charge in [0.1, 0.15) is 0 Å². The molecule has 0 bridgehead atoms. The first-order chi connectivity index (χ1) is 9.24. The molecule has 1 heterocycles. The van der Waals surface area contributed by atoms with Crippen LogP contribution in [0.2, 0.25) is 0 Å². The van der Waals surface area contributed by atoms with Crippen molar-refractivity contribution in [3.05, 3.63) is 60.3 Å². The highest BCUT2D eigenvalue weighted by Crippen LogP contribution is 2.19. The van der Waals surface area contributed by atoms with E-state index in [4.69, 9.17) is 5.73 Å². The number of amides is 1. The fraction of sp³-hybridized carbons (Fsp3) is 0. The molecule has 0 spiro atoms. The van der Waals surface area contributed by atoms with Crippen LogP contribution in [-0.4, -0.2) is 10.9 Å². The Bertz CT molecular complexity index is 734. The Hall–Kier alpha value is -2.46. The Kier molecular flexibility index (Phi) is 3.96. The summed E-state index contributed by atoms with van der Waals surface area (Å²) in [6.45, 7) is 0. The second-order valence-electron chi connectivity index (χ2n) is 4.32. The molecule has 20 heavy (non-hydrogen) atoms. The molecule has 5 heteroatoms. The van der Waals surface area contributed by atoms with E-state index in [1.165, 1.54) is 0 Å². The number of H-pyrrole nitrogens is 1. The lowest BCUT2D eigenvalue weighted by molar-refractivity contribution is 0.102. The lowest BCUT2D eigenvalue weighted by atomic mass is 10.1. The summed E-state index contributed by atoms with van der Waals surface area (Å²) < 4.78 is 0. The molecule has 0 atom stereocenters. The van der Waals surface area contributed by atoms with Crippen molar-refractivity contribution in [1.82, 2.24) is 4.98 Å². The Morgan fingerprint density at radius 2 is 1.75 bits per heavy atom. The van der Waals surface area contributed by atoms with Gasteiger partial charge in [-0.3, -0.25) is 4.79 Å². The Morgan fingerprint density at radius 3 is 2.50 bits per heavy atom. The van der Waals surface area contributed by atoms with E-state index in [-0.39, 0.29) is 18.3 Å². The molecule has 3 aromatic rings. The van der Waals surface area contributed by atoms with Gasteiger partial charge >= 0.3 is 0 Å². The molecule has 0 aliphatic rings. The van der Waals surface area contributed by atoms with Crippen LogP contribution in [0.1, 0.15) is 10.4 Å². The maximum absolute atomic E-state index is 12.2. The average molecular weight is 288 g/mol. The third-order valence-electron chi connectivity index (χ3n) is 3.00. The largest absolute Gasteiger partial charge is 0.399 e. The van der Waals surface area contributed by atoms with E-state index in [1.807, 2.05) is 24.3 Å². The third-order valence-corrected chi connectivity index (χ3v) is 3.00. The van der Waals surface area contributed by atoms with Gasteiger partial charge in [0.05, 0.1) is 5.56 Å². The Balaban J connectivity index is 0.00000147. The predicted molar refractivity (Wildman–Crippen MR) is 84.4 cm³/mol. The number of rotatable bonds is 2. The van der Waals surface area contributed by atoms with Crippen LogP contribution in [0.15, 0.2) is 54.7 Å². The second kappa shape index (κ2) is 5.67. The average Bonchev–Trinajstić information content (AvgIpc) is 2.85. The van der Waals surface area contributed by atoms with E-state index in [0.29, 0.717) is 11.3 Å². The number of aromatic nitrogens is 1. The summed E-state index contributed by atoms with van der Waals surface area (Å²) >= 11 is 0. The van der Waals surface area contributed by atoms with Gasteiger partial charge in [-0.15, -0.1) is 12.4 Å². The van der Waals surface area contributed by atoms with Gasteiger partial charge in [-0.1, -0.05) is 18.2 Å². The quantitative estimate of drug-likeness (QED) is 0.632. The molecular formula is C15H14ClN3O. The Morgan fingerprint density at radius 1 is 1.05 bits per heavy atom. The number of nitrogen functional groups attached to an aromatic ring is 1. The summed E-state index contributed by atoms with van der Waals surface area (Å²) in [5, 5.41) is 3.76. The zero-order valence-electron chi connectivity index (χ0n) is 10.6. The number of carbonyl (C=O) groups is 1. The van der Waals surface area contributed by atoms with Gasteiger partial charge in [0.25, 0.3) is 5.91 Å². The molecule has 4 nitrogen and oxygen atoms in total. The Labute approximate surface area is 122 Å². The number of anilines is 2. The third kappa shape index (κ3) is 2.60. The van der Waals surface area contributed by atoms with Crippen LogP contribution >= 0.6 is 12.4 Å². The van der Waals surface area contributed by atoms with Crippen molar-refractivity contribution in [2.24, 2.45) is 0 Å². The zero-order valence-corrected chi connectivity index (χ0v) is 11.4. The molecule has 0 saturated heterocycles. The van der Waals surface area contributed by atoms with Crippen molar-refractivity contribution in [1.29, 1.82) is 0 Å². The lowest BCUT2D eigenvalue weighted by Crippen LogP contribution is -2.11. The van der Waals surface area contributed by atoms with Crippen molar-refractivity contribution >= 4 is 40.6 Å². The molecule has 4 N–H and O–H groups in total. The number of halogens is 1. The normalized spacial score (nSPS) is 10.0. The van der Waals surface area contributed by atoms with Crippen molar-refractivity contribution in [3.63, 3.8) is 0 Å². The molecule has 3 rings (SSSR count). The fourth-order valence-corrected chi connectivity index (χ4v) is 2.02. The minimum absolute atomic E-state index is 0. The second-order valence-corrected chi connectivity index (χ2v) is 4.32. The molecule has 2 aromatic carbocycles. The molecule has 0 aliphatic heterocycles. The first kappa shape index (κ1) is 14.0. The van der Waals surface area contributed by atoms with Gasteiger partial charge < -0.3 is 16.0 Å². The van der Waals surface area contributed by atoms with Crippen LogP contribution in [0.25, 0.3) is 10.9 Å². The summed E-state index contributed by atoms with van der Waals surface area (Å²) in [6.07, 6.45) is 1.72. The van der Waals surface area contributed by atoms with Crippen molar-refractivity contribution in [3.8, 4) is 0 Å². The van der Waals surface area contributed by atoms with Gasteiger partial charge in [0.15, 0.2) is 0 Å². The van der Waals surface area contributed by atoms with Gasteiger partial charge in [-0.2, -0.15) is 0 Å². The SMILES string of the molecule is Cl.Nc1ccc(NC(=O)c2c[nH]c3ccccc23)cc1. The van der Waals surface area contributed by atoms with Crippen LogP contribution < -0.4 is 11.1 Å². The summed E-state index contributed by atoms with van der Waals surface area (Å²) in [4.78, 5) is 15.3. The molecule has 0 aliphatic carbocycles. The van der Waals surface area contributed by atoms with Crippen LogP contribution in [0.4, 0.5) is 11.4 Å². The number of hydrogen-bond donors (Lipinski definition) is 3. The molecule has 0 saturated carbocycles. The summed E-state index contributed by atoms with van der Waals surface area (Å²) in [5.74, 6) is -0.137. The van der Waals surface area contributed by atoms with E-state index in [2.05, 4.69) is 10.3 Å². The minimum Gasteiger partial charge on any atom is -0.399 e. The van der Waals surface area contributed by atoms with E-state index < -0.39 is 0 Å². The highest BCUT2D eigenvalue weighted by molar-refractivity contribution is 6.12. The first-order valence-electron chi connectivity index (χ1n) is 5.97. The standard InChI is InChI=1S/C15H13N3O.ClH/c16-10-5-7-11(8-6-10)18-15(19)13-9-17-14-4-2-1-3-12(13)14;/h1-9,17H,16H2,(H,18,19);1H. The highest BCUT2D eigenvalue weighted by Gasteiger charge is 2.11. The van der Waals surface area contributed by atoms with Gasteiger partial charge in [0, 0.05) is 28.5 Å². The van der Waals surface area contributed by atoms with Crippen LogP contribution in [0.5, 0.6) is 0 Å². The van der Waals surface area contributed by atoms with Crippen molar-refractivity contribution < 1.29 is 4.79 Å². The van der Waals surface area contributed by atoms with Crippen molar-refractivity contribution in [2.75, 3.05) is 11.1 Å². The molecule has 1 aromatic heterocycles. The number of hydrogen-bond acceptors (Lipinski definition) is 2. The van der Waals surface area contributed by atoms with Gasteiger partial charge in [-0.25, -0.2) is 0 Å². The number of para-hydroxylation sites is 1. The lowest BCUT2D eigenvalue weighted by Gasteiger charge is -2.04. The molecule has 0 fully saturated rings. The molecule has 0 unspecified atom stereocenters. The summed E-state index contributed by atoms with van der Waals surface area (Å²) in [5.41, 5.74) is 8.59. The van der Waals surface area contributed by atoms with E-state index in [0.717, 1.165) is 16.6 Å². The van der Waals surface area contributed by atoms with Crippen LogP contribution in [0.3, 0.4) is 0 Å². The minimum atomic E-state index is -0.137. The highest BCUT2D eigenvalue weighted by atomic mass is 35.5. The van der Waals surface area contributed by atoms with E-state index >= 15 is 0 Å². The summed E-state index contributed by atoms with van der Waals surface area (Å²) in [7, 11) is 0. The molecular weight excluding hydrogens is 274 g/mol. The number of carbonyl (C=O) groups excluding carboxylic acids is 1. The number of nitrogens with one attached hydrogen (secondary N) is 2. The maximum atomic E-state index is 12.2. The number of fused-ring (bicyclic) bond motifs is 1. The van der Waals surface area contributed by atoms with Gasteiger partial charge in [-0.05, 0) is 30.3 Å². The number of nitrogens with two attached hydrogens (primary N) is 1. The summed E-state index contributed by atoms with van der Waals surface area (Å²) in [6, 6.07) is 14.8. The zero-order chi connectivity index (χ0) is 13.2. The van der Waals surface area contributed by atoms with E-state index in [1.54, 1.807) is 30.5 Å². The van der Waals surface area contributed by atoms with Crippen LogP contribution in [0, 0.1) is 0 Å². The van der Waals surface area contributed by atoms with Crippen LogP contribution in [-0.2, 0) is 0 Å². The van der Waals surface area contributed by atoms with Crippen molar-refractivity contribution in [2.45, 2.75) is 0 Å². The first-order valence-corrected chi connectivity index (χ1v) is 5.97. The monoisotopic (exact) mass is 287 g/mol. The smallest absolute Gasteiger partial charge is 0.257 e. The van der Waals surface area contributed by atoms with E-state index in [9.17, 15) is 4.79 Å². The molecule has 102 valence electrons. The predicted octanol–water partition coefficient (Wildman–Crippen LogP) is 3.42.